The third-order valence-corrected chi connectivity index (χ3v) is 2.80. The normalized spacial score (nSPS) is 11.9. The van der Waals surface area contributed by atoms with Gasteiger partial charge in [0.1, 0.15) is 6.04 Å². The van der Waals surface area contributed by atoms with Crippen LogP contribution in [-0.4, -0.2) is 28.9 Å². The molecular formula is C14H17N3O2. The smallest absolute Gasteiger partial charge is 0.327 e. The Morgan fingerprint density at radius 3 is 2.74 bits per heavy atom. The molecule has 2 aromatic rings. The monoisotopic (exact) mass is 259 g/mol. The molecule has 2 rings (SSSR count). The fourth-order valence-electron chi connectivity index (χ4n) is 1.77. The fourth-order valence-corrected chi connectivity index (χ4v) is 1.77. The van der Waals surface area contributed by atoms with Crippen molar-refractivity contribution in [3.8, 4) is 0 Å². The van der Waals surface area contributed by atoms with Gasteiger partial charge in [-0.05, 0) is 30.7 Å². The third-order valence-electron chi connectivity index (χ3n) is 2.80. The van der Waals surface area contributed by atoms with E-state index in [1.807, 2.05) is 41.2 Å². The van der Waals surface area contributed by atoms with E-state index in [9.17, 15) is 4.79 Å². The topological polar surface area (TPSA) is 56.1 Å². The first kappa shape index (κ1) is 13.1. The molecule has 0 saturated carbocycles. The van der Waals surface area contributed by atoms with Gasteiger partial charge in [-0.2, -0.15) is 5.10 Å². The van der Waals surface area contributed by atoms with Crippen LogP contribution in [0.2, 0.25) is 0 Å². The maximum Gasteiger partial charge on any atom is 0.327 e. The number of ether oxygens (including phenoxy) is 1. The van der Waals surface area contributed by atoms with Crippen LogP contribution >= 0.6 is 0 Å². The predicted octanol–water partition coefficient (Wildman–Crippen LogP) is 1.90. The molecule has 5 nitrogen and oxygen atoms in total. The van der Waals surface area contributed by atoms with Gasteiger partial charge in [0.05, 0.1) is 13.7 Å². The van der Waals surface area contributed by atoms with Gasteiger partial charge < -0.3 is 10.1 Å². The maximum absolute atomic E-state index is 11.3. The molecule has 1 aromatic heterocycles. The number of aromatic nitrogens is 2. The van der Waals surface area contributed by atoms with E-state index in [-0.39, 0.29) is 12.0 Å². The Labute approximate surface area is 112 Å². The average Bonchev–Trinajstić information content (AvgIpc) is 2.93. The molecule has 100 valence electrons. The molecule has 0 saturated heterocycles. The van der Waals surface area contributed by atoms with Crippen LogP contribution in [0.3, 0.4) is 0 Å². The van der Waals surface area contributed by atoms with Gasteiger partial charge in [0.2, 0.25) is 0 Å². The van der Waals surface area contributed by atoms with Crippen molar-refractivity contribution in [2.75, 3.05) is 12.4 Å². The van der Waals surface area contributed by atoms with Crippen molar-refractivity contribution in [2.24, 2.45) is 0 Å². The van der Waals surface area contributed by atoms with Crippen LogP contribution in [0.4, 0.5) is 5.69 Å². The number of methoxy groups -OCH3 is 1. The highest BCUT2D eigenvalue weighted by Gasteiger charge is 2.11. The van der Waals surface area contributed by atoms with Crippen molar-refractivity contribution in [1.82, 2.24) is 9.78 Å². The van der Waals surface area contributed by atoms with Gasteiger partial charge in [0.25, 0.3) is 0 Å². The van der Waals surface area contributed by atoms with E-state index in [0.29, 0.717) is 0 Å². The van der Waals surface area contributed by atoms with Gasteiger partial charge in [-0.3, -0.25) is 4.68 Å². The number of carbonyl (C=O) groups excluding carboxylic acids is 1. The van der Waals surface area contributed by atoms with Crippen LogP contribution in [0, 0.1) is 0 Å². The predicted molar refractivity (Wildman–Crippen MR) is 72.9 cm³/mol. The number of hydrogen-bond acceptors (Lipinski definition) is 4. The molecule has 0 radical (unpaired) electrons. The number of carbonyl (C=O) groups is 1. The van der Waals surface area contributed by atoms with Gasteiger partial charge in [0, 0.05) is 18.1 Å². The van der Waals surface area contributed by atoms with E-state index in [1.54, 1.807) is 13.1 Å². The number of nitrogens with zero attached hydrogens (tertiary/aromatic N) is 2. The zero-order chi connectivity index (χ0) is 13.7. The molecule has 0 bridgehead atoms. The van der Waals surface area contributed by atoms with Crippen molar-refractivity contribution in [1.29, 1.82) is 0 Å². The van der Waals surface area contributed by atoms with Crippen LogP contribution in [0.5, 0.6) is 0 Å². The second-order valence-corrected chi connectivity index (χ2v) is 4.29. The molecule has 0 aliphatic rings. The first-order valence-corrected chi connectivity index (χ1v) is 6.10. The molecule has 0 aliphatic heterocycles. The van der Waals surface area contributed by atoms with E-state index in [1.165, 1.54) is 7.11 Å². The Morgan fingerprint density at radius 1 is 1.42 bits per heavy atom. The molecule has 0 fully saturated rings. The van der Waals surface area contributed by atoms with E-state index in [0.717, 1.165) is 17.8 Å². The molecule has 1 unspecified atom stereocenters. The number of anilines is 1. The van der Waals surface area contributed by atoms with Gasteiger partial charge >= 0.3 is 5.97 Å². The highest BCUT2D eigenvalue weighted by Crippen LogP contribution is 2.12. The minimum atomic E-state index is -0.359. The largest absolute Gasteiger partial charge is 0.467 e. The van der Waals surface area contributed by atoms with Crippen molar-refractivity contribution in [3.05, 3.63) is 48.3 Å². The number of esters is 1. The lowest BCUT2D eigenvalue weighted by Crippen LogP contribution is -2.27. The van der Waals surface area contributed by atoms with E-state index < -0.39 is 0 Å². The van der Waals surface area contributed by atoms with Crippen LogP contribution in [0.1, 0.15) is 12.5 Å². The Hall–Kier alpha value is -2.30. The highest BCUT2D eigenvalue weighted by atomic mass is 16.5. The third kappa shape index (κ3) is 3.58. The Morgan fingerprint density at radius 2 is 2.16 bits per heavy atom. The summed E-state index contributed by atoms with van der Waals surface area (Å²) in [5.41, 5.74) is 2.04. The Kier molecular flexibility index (Phi) is 4.18. The number of rotatable bonds is 5. The summed E-state index contributed by atoms with van der Waals surface area (Å²) >= 11 is 0. The van der Waals surface area contributed by atoms with Crippen molar-refractivity contribution < 1.29 is 9.53 Å². The summed E-state index contributed by atoms with van der Waals surface area (Å²) in [5, 5.41) is 7.24. The van der Waals surface area contributed by atoms with E-state index >= 15 is 0 Å². The second-order valence-electron chi connectivity index (χ2n) is 4.29. The molecule has 5 heteroatoms. The molecule has 1 N–H and O–H groups in total. The first-order chi connectivity index (χ1) is 9.19. The van der Waals surface area contributed by atoms with Gasteiger partial charge in [0.15, 0.2) is 0 Å². The Bertz CT molecular complexity index is 520. The minimum absolute atomic E-state index is 0.277. The van der Waals surface area contributed by atoms with Crippen molar-refractivity contribution >= 4 is 11.7 Å². The molecular weight excluding hydrogens is 242 g/mol. The number of hydrogen-bond donors (Lipinski definition) is 1. The molecule has 0 spiro atoms. The standard InChI is InChI=1S/C14H17N3O2/c1-11(14(18)19-2)16-13-6-4-12(5-7-13)10-17-9-3-8-15-17/h3-9,11,16H,10H2,1-2H3. The summed E-state index contributed by atoms with van der Waals surface area (Å²) in [6.45, 7) is 2.50. The lowest BCUT2D eigenvalue weighted by molar-refractivity contribution is -0.141. The molecule has 19 heavy (non-hydrogen) atoms. The lowest BCUT2D eigenvalue weighted by Gasteiger charge is -2.13. The fraction of sp³-hybridized carbons (Fsp3) is 0.286. The molecule has 1 aromatic carbocycles. The van der Waals surface area contributed by atoms with Crippen LogP contribution in [-0.2, 0) is 16.1 Å². The van der Waals surface area contributed by atoms with Gasteiger partial charge in [-0.1, -0.05) is 12.1 Å². The van der Waals surface area contributed by atoms with Crippen molar-refractivity contribution in [3.63, 3.8) is 0 Å². The zero-order valence-electron chi connectivity index (χ0n) is 11.0. The molecule has 1 atom stereocenters. The summed E-state index contributed by atoms with van der Waals surface area (Å²) < 4.78 is 6.53. The Balaban J connectivity index is 1.96. The molecule has 0 amide bonds. The van der Waals surface area contributed by atoms with E-state index in [2.05, 4.69) is 15.2 Å². The zero-order valence-corrected chi connectivity index (χ0v) is 11.0. The molecule has 1 heterocycles. The summed E-state index contributed by atoms with van der Waals surface area (Å²) in [4.78, 5) is 11.3. The first-order valence-electron chi connectivity index (χ1n) is 6.10. The van der Waals surface area contributed by atoms with Crippen LogP contribution in [0.15, 0.2) is 42.7 Å². The summed E-state index contributed by atoms with van der Waals surface area (Å²) in [6.07, 6.45) is 3.68. The van der Waals surface area contributed by atoms with Crippen LogP contribution < -0.4 is 5.32 Å². The number of nitrogens with one attached hydrogen (secondary N) is 1. The van der Waals surface area contributed by atoms with Crippen LogP contribution in [0.25, 0.3) is 0 Å². The van der Waals surface area contributed by atoms with Crippen molar-refractivity contribution in [2.45, 2.75) is 19.5 Å². The van der Waals surface area contributed by atoms with E-state index in [4.69, 9.17) is 0 Å². The maximum atomic E-state index is 11.3. The highest BCUT2D eigenvalue weighted by molar-refractivity contribution is 5.78. The van der Waals surface area contributed by atoms with Gasteiger partial charge in [-0.25, -0.2) is 4.79 Å². The quantitative estimate of drug-likeness (QED) is 0.833. The molecule has 0 aliphatic carbocycles. The SMILES string of the molecule is COC(=O)C(C)Nc1ccc(Cn2cccn2)cc1. The lowest BCUT2D eigenvalue weighted by atomic mass is 10.2. The summed E-state index contributed by atoms with van der Waals surface area (Å²) in [5.74, 6) is -0.277. The summed E-state index contributed by atoms with van der Waals surface area (Å²) in [6, 6.07) is 9.44. The number of benzene rings is 1. The second kappa shape index (κ2) is 6.04. The summed E-state index contributed by atoms with van der Waals surface area (Å²) in [7, 11) is 1.38. The van der Waals surface area contributed by atoms with Gasteiger partial charge in [-0.15, -0.1) is 0 Å². The minimum Gasteiger partial charge on any atom is -0.467 e. The average molecular weight is 259 g/mol.